The van der Waals surface area contributed by atoms with Crippen molar-refractivity contribution in [3.63, 3.8) is 0 Å². The van der Waals surface area contributed by atoms with Crippen LogP contribution < -0.4 is 5.32 Å². The van der Waals surface area contributed by atoms with E-state index in [2.05, 4.69) is 10.3 Å². The van der Waals surface area contributed by atoms with E-state index in [1.54, 1.807) is 27.8 Å². The largest absolute Gasteiger partial charge is 0.467 e. The van der Waals surface area contributed by atoms with Crippen LogP contribution in [0.1, 0.15) is 16.8 Å². The minimum absolute atomic E-state index is 0.0464. The molecule has 0 aliphatic carbocycles. The number of piperazine rings is 1. The number of H-pyrrole nitrogens is 1. The first kappa shape index (κ1) is 21.0. The van der Waals surface area contributed by atoms with Crippen LogP contribution in [0.25, 0.3) is 10.9 Å². The number of ether oxygens (including phenoxy) is 1. The SMILES string of the molecule is COC(=O)C(CCSC)NC(=O)N1CCN(C(=O)c2c[nH]c3ccccc23)CC1. The number of esters is 1. The monoisotopic (exact) mass is 418 g/mol. The molecule has 1 atom stereocenters. The zero-order valence-corrected chi connectivity index (χ0v) is 17.5. The van der Waals surface area contributed by atoms with Gasteiger partial charge in [-0.3, -0.25) is 4.79 Å². The first-order valence-electron chi connectivity index (χ1n) is 9.52. The number of methoxy groups -OCH3 is 1. The molecule has 1 aromatic carbocycles. The van der Waals surface area contributed by atoms with Crippen molar-refractivity contribution in [2.24, 2.45) is 0 Å². The molecule has 0 spiro atoms. The van der Waals surface area contributed by atoms with E-state index in [1.807, 2.05) is 30.5 Å². The van der Waals surface area contributed by atoms with Gasteiger partial charge in [0.15, 0.2) is 0 Å². The van der Waals surface area contributed by atoms with Gasteiger partial charge in [0.25, 0.3) is 5.91 Å². The number of rotatable bonds is 6. The highest BCUT2D eigenvalue weighted by Crippen LogP contribution is 2.20. The summed E-state index contributed by atoms with van der Waals surface area (Å²) >= 11 is 1.60. The number of aromatic amines is 1. The van der Waals surface area contributed by atoms with Crippen LogP contribution in [-0.4, -0.2) is 84.0 Å². The maximum Gasteiger partial charge on any atom is 0.328 e. The molecule has 3 rings (SSSR count). The molecular weight excluding hydrogens is 392 g/mol. The number of amides is 3. The van der Waals surface area contributed by atoms with Crippen molar-refractivity contribution in [1.29, 1.82) is 0 Å². The topological polar surface area (TPSA) is 94.7 Å². The summed E-state index contributed by atoms with van der Waals surface area (Å²) in [6.07, 6.45) is 4.19. The molecule has 0 radical (unpaired) electrons. The van der Waals surface area contributed by atoms with Crippen LogP contribution in [0.3, 0.4) is 0 Å². The number of aromatic nitrogens is 1. The molecule has 1 aliphatic rings. The number of nitrogens with one attached hydrogen (secondary N) is 2. The Morgan fingerprint density at radius 2 is 1.86 bits per heavy atom. The summed E-state index contributed by atoms with van der Waals surface area (Å²) in [5.41, 5.74) is 1.56. The van der Waals surface area contributed by atoms with Crippen molar-refractivity contribution in [2.75, 3.05) is 45.3 Å². The van der Waals surface area contributed by atoms with Crippen LogP contribution >= 0.6 is 11.8 Å². The van der Waals surface area contributed by atoms with Gasteiger partial charge in [0.1, 0.15) is 6.04 Å². The number of carbonyl (C=O) groups is 3. The van der Waals surface area contributed by atoms with Crippen LogP contribution in [0, 0.1) is 0 Å². The summed E-state index contributed by atoms with van der Waals surface area (Å²) in [6.45, 7) is 1.71. The van der Waals surface area contributed by atoms with Crippen LogP contribution in [0.2, 0.25) is 0 Å². The van der Waals surface area contributed by atoms with Gasteiger partial charge >= 0.3 is 12.0 Å². The van der Waals surface area contributed by atoms with Crippen molar-refractivity contribution in [3.8, 4) is 0 Å². The van der Waals surface area contributed by atoms with Gasteiger partial charge in [-0.15, -0.1) is 0 Å². The molecule has 2 heterocycles. The van der Waals surface area contributed by atoms with E-state index in [0.717, 1.165) is 16.7 Å². The molecule has 2 aromatic rings. The van der Waals surface area contributed by atoms with Crippen molar-refractivity contribution in [2.45, 2.75) is 12.5 Å². The Kier molecular flexibility index (Phi) is 7.03. The predicted molar refractivity (Wildman–Crippen MR) is 113 cm³/mol. The molecule has 1 saturated heterocycles. The lowest BCUT2D eigenvalue weighted by Crippen LogP contribution is -2.55. The number of thioether (sulfide) groups is 1. The number of benzene rings is 1. The Bertz CT molecular complexity index is 876. The van der Waals surface area contributed by atoms with E-state index in [-0.39, 0.29) is 11.9 Å². The van der Waals surface area contributed by atoms with E-state index < -0.39 is 12.0 Å². The number of urea groups is 1. The fraction of sp³-hybridized carbons (Fsp3) is 0.450. The molecule has 156 valence electrons. The van der Waals surface area contributed by atoms with E-state index in [0.29, 0.717) is 38.2 Å². The number of nitrogens with zero attached hydrogens (tertiary/aromatic N) is 2. The maximum absolute atomic E-state index is 12.9. The lowest BCUT2D eigenvalue weighted by atomic mass is 10.1. The third-order valence-corrected chi connectivity index (χ3v) is 5.71. The number of hydrogen-bond donors (Lipinski definition) is 2. The molecule has 1 fully saturated rings. The Morgan fingerprint density at radius 1 is 1.17 bits per heavy atom. The Labute approximate surface area is 173 Å². The standard InChI is InChI=1S/C20H26N4O4S/c1-28-19(26)17(7-12-29-2)22-20(27)24-10-8-23(9-11-24)18(25)15-13-21-16-6-4-3-5-14(15)16/h3-6,13,17,21H,7-12H2,1-2H3,(H,22,27). The molecule has 1 aromatic heterocycles. The summed E-state index contributed by atoms with van der Waals surface area (Å²) in [4.78, 5) is 43.9. The smallest absolute Gasteiger partial charge is 0.328 e. The van der Waals surface area contributed by atoms with Crippen LogP contribution in [0.5, 0.6) is 0 Å². The molecule has 1 unspecified atom stereocenters. The lowest BCUT2D eigenvalue weighted by Gasteiger charge is -2.35. The van der Waals surface area contributed by atoms with Gasteiger partial charge < -0.3 is 24.8 Å². The number of para-hydroxylation sites is 1. The molecular formula is C20H26N4O4S. The number of carbonyl (C=O) groups excluding carboxylic acids is 3. The van der Waals surface area contributed by atoms with Gasteiger partial charge in [-0.2, -0.15) is 11.8 Å². The average Bonchev–Trinajstić information content (AvgIpc) is 3.19. The van der Waals surface area contributed by atoms with Crippen molar-refractivity contribution in [1.82, 2.24) is 20.1 Å². The molecule has 0 bridgehead atoms. The molecule has 8 nitrogen and oxygen atoms in total. The second kappa shape index (κ2) is 9.69. The second-order valence-corrected chi connectivity index (χ2v) is 7.82. The summed E-state index contributed by atoms with van der Waals surface area (Å²) in [6, 6.07) is 6.72. The normalized spacial score (nSPS) is 15.2. The van der Waals surface area contributed by atoms with E-state index in [9.17, 15) is 14.4 Å². The molecule has 3 amide bonds. The van der Waals surface area contributed by atoms with E-state index >= 15 is 0 Å². The number of fused-ring (bicyclic) bond motifs is 1. The molecule has 1 aliphatic heterocycles. The van der Waals surface area contributed by atoms with Gasteiger partial charge in [-0.25, -0.2) is 9.59 Å². The van der Waals surface area contributed by atoms with Gasteiger partial charge in [-0.05, 0) is 24.5 Å². The van der Waals surface area contributed by atoms with Gasteiger partial charge in [-0.1, -0.05) is 18.2 Å². The van der Waals surface area contributed by atoms with E-state index in [1.165, 1.54) is 7.11 Å². The Hall–Kier alpha value is -2.68. The quantitative estimate of drug-likeness (QED) is 0.699. The van der Waals surface area contributed by atoms with Crippen LogP contribution in [0.4, 0.5) is 4.79 Å². The number of hydrogen-bond acceptors (Lipinski definition) is 5. The summed E-state index contributed by atoms with van der Waals surface area (Å²) in [5.74, 6) is 0.253. The second-order valence-electron chi connectivity index (χ2n) is 6.83. The maximum atomic E-state index is 12.9. The minimum Gasteiger partial charge on any atom is -0.467 e. The average molecular weight is 419 g/mol. The minimum atomic E-state index is -0.661. The van der Waals surface area contributed by atoms with Crippen LogP contribution in [-0.2, 0) is 9.53 Å². The highest BCUT2D eigenvalue weighted by Gasteiger charge is 2.28. The van der Waals surface area contributed by atoms with Crippen molar-refractivity contribution < 1.29 is 19.1 Å². The fourth-order valence-electron chi connectivity index (χ4n) is 3.40. The zero-order chi connectivity index (χ0) is 20.8. The summed E-state index contributed by atoms with van der Waals surface area (Å²) in [5, 5.41) is 3.65. The summed E-state index contributed by atoms with van der Waals surface area (Å²) in [7, 11) is 1.32. The lowest BCUT2D eigenvalue weighted by molar-refractivity contribution is -0.142. The van der Waals surface area contributed by atoms with Crippen LogP contribution in [0.15, 0.2) is 30.5 Å². The first-order valence-corrected chi connectivity index (χ1v) is 10.9. The molecule has 2 N–H and O–H groups in total. The van der Waals surface area contributed by atoms with Crippen molar-refractivity contribution in [3.05, 3.63) is 36.0 Å². The molecule has 29 heavy (non-hydrogen) atoms. The zero-order valence-electron chi connectivity index (χ0n) is 16.6. The highest BCUT2D eigenvalue weighted by atomic mass is 32.2. The first-order chi connectivity index (χ1) is 14.0. The predicted octanol–water partition coefficient (Wildman–Crippen LogP) is 1.93. The highest BCUT2D eigenvalue weighted by molar-refractivity contribution is 7.98. The summed E-state index contributed by atoms with van der Waals surface area (Å²) < 4.78 is 4.79. The van der Waals surface area contributed by atoms with Gasteiger partial charge in [0.05, 0.1) is 12.7 Å². The molecule has 0 saturated carbocycles. The Morgan fingerprint density at radius 3 is 2.55 bits per heavy atom. The Balaban J connectivity index is 1.57. The van der Waals surface area contributed by atoms with E-state index in [4.69, 9.17) is 4.74 Å². The fourth-order valence-corrected chi connectivity index (χ4v) is 3.87. The third-order valence-electron chi connectivity index (χ3n) is 5.07. The van der Waals surface area contributed by atoms with Gasteiger partial charge in [0, 0.05) is 43.3 Å². The third kappa shape index (κ3) is 4.84. The van der Waals surface area contributed by atoms with Gasteiger partial charge in [0.2, 0.25) is 0 Å². The molecule has 9 heteroatoms. The van der Waals surface area contributed by atoms with Crippen molar-refractivity contribution >= 4 is 40.6 Å².